The number of hydrogen-bond acceptors (Lipinski definition) is 5. The van der Waals surface area contributed by atoms with Crippen LogP contribution in [0.25, 0.3) is 0 Å². The highest BCUT2D eigenvalue weighted by molar-refractivity contribution is 7.98. The van der Waals surface area contributed by atoms with E-state index < -0.39 is 0 Å². The largest absolute Gasteiger partial charge is 0.485 e. The fraction of sp³-hybridized carbons (Fsp3) is 0.222. The number of thioether (sulfide) groups is 1. The molecule has 0 atom stereocenters. The first kappa shape index (κ1) is 18.9. The van der Waals surface area contributed by atoms with Crippen molar-refractivity contribution in [3.8, 4) is 5.75 Å². The first-order chi connectivity index (χ1) is 12.4. The van der Waals surface area contributed by atoms with E-state index in [4.69, 9.17) is 33.8 Å². The molecule has 0 unspecified atom stereocenters. The predicted molar refractivity (Wildman–Crippen MR) is 106 cm³/mol. The lowest BCUT2D eigenvalue weighted by Crippen LogP contribution is -2.16. The molecule has 0 aliphatic rings. The van der Waals surface area contributed by atoms with Crippen molar-refractivity contribution < 1.29 is 4.74 Å². The Morgan fingerprint density at radius 2 is 1.92 bits per heavy atom. The molecule has 0 radical (unpaired) electrons. The Labute approximate surface area is 166 Å². The number of hydrogen-bond donors (Lipinski definition) is 1. The summed E-state index contributed by atoms with van der Waals surface area (Å²) in [7, 11) is 0. The summed E-state index contributed by atoms with van der Waals surface area (Å²) in [5, 5.41) is 10.1. The number of benzene rings is 2. The van der Waals surface area contributed by atoms with Gasteiger partial charge in [-0.05, 0) is 43.2 Å². The van der Waals surface area contributed by atoms with Crippen molar-refractivity contribution >= 4 is 35.0 Å². The van der Waals surface area contributed by atoms with Crippen LogP contribution in [-0.4, -0.2) is 14.9 Å². The molecule has 3 aromatic rings. The van der Waals surface area contributed by atoms with Crippen molar-refractivity contribution in [2.45, 2.75) is 31.4 Å². The minimum absolute atomic E-state index is 0.246. The first-order valence-electron chi connectivity index (χ1n) is 7.90. The molecule has 3 rings (SSSR count). The van der Waals surface area contributed by atoms with E-state index in [9.17, 15) is 0 Å². The number of nitrogens with zero attached hydrogens (tertiary/aromatic N) is 3. The number of aryl methyl sites for hydroxylation is 2. The zero-order valence-corrected chi connectivity index (χ0v) is 16.7. The molecule has 1 heterocycles. The zero-order chi connectivity index (χ0) is 18.7. The van der Waals surface area contributed by atoms with Crippen molar-refractivity contribution in [3.05, 3.63) is 69.0 Å². The molecule has 0 saturated heterocycles. The van der Waals surface area contributed by atoms with Crippen LogP contribution in [0.3, 0.4) is 0 Å². The number of ether oxygens (including phenoxy) is 1. The maximum atomic E-state index is 6.19. The van der Waals surface area contributed by atoms with Crippen LogP contribution in [0.5, 0.6) is 5.75 Å². The van der Waals surface area contributed by atoms with Gasteiger partial charge in [-0.3, -0.25) is 0 Å². The highest BCUT2D eigenvalue weighted by Gasteiger charge is 2.12. The summed E-state index contributed by atoms with van der Waals surface area (Å²) in [5.74, 6) is 8.06. The molecule has 5 nitrogen and oxygen atoms in total. The average molecular weight is 409 g/mol. The molecule has 8 heteroatoms. The van der Waals surface area contributed by atoms with Gasteiger partial charge < -0.3 is 10.6 Å². The van der Waals surface area contributed by atoms with Crippen LogP contribution in [0, 0.1) is 13.8 Å². The van der Waals surface area contributed by atoms with E-state index >= 15 is 0 Å². The van der Waals surface area contributed by atoms with Gasteiger partial charge in [0.2, 0.25) is 5.16 Å². The molecular weight excluding hydrogens is 391 g/mol. The van der Waals surface area contributed by atoms with Gasteiger partial charge in [0.1, 0.15) is 12.4 Å². The molecule has 0 aliphatic carbocycles. The lowest BCUT2D eigenvalue weighted by molar-refractivity contribution is 0.289. The molecule has 26 heavy (non-hydrogen) atoms. The minimum atomic E-state index is 0.246. The topological polar surface area (TPSA) is 66.0 Å². The van der Waals surface area contributed by atoms with Crippen molar-refractivity contribution in [1.29, 1.82) is 0 Å². The lowest BCUT2D eigenvalue weighted by atomic mass is 10.1. The summed E-state index contributed by atoms with van der Waals surface area (Å²) in [4.78, 5) is 0. The summed E-state index contributed by atoms with van der Waals surface area (Å²) in [6.07, 6.45) is 0. The Morgan fingerprint density at radius 1 is 1.12 bits per heavy atom. The number of rotatable bonds is 6. The molecule has 0 aliphatic heterocycles. The van der Waals surface area contributed by atoms with Crippen LogP contribution in [-0.2, 0) is 12.4 Å². The summed E-state index contributed by atoms with van der Waals surface area (Å²) in [6, 6.07) is 11.4. The van der Waals surface area contributed by atoms with Gasteiger partial charge in [-0.15, -0.1) is 10.2 Å². The van der Waals surface area contributed by atoms with E-state index in [2.05, 4.69) is 16.3 Å². The van der Waals surface area contributed by atoms with Crippen molar-refractivity contribution in [3.63, 3.8) is 0 Å². The zero-order valence-electron chi connectivity index (χ0n) is 14.4. The highest BCUT2D eigenvalue weighted by Crippen LogP contribution is 2.27. The molecular formula is C18H18Cl2N4OS. The van der Waals surface area contributed by atoms with Gasteiger partial charge in [-0.1, -0.05) is 58.7 Å². The molecule has 2 aromatic carbocycles. The second kappa shape index (κ2) is 8.20. The van der Waals surface area contributed by atoms with Gasteiger partial charge >= 0.3 is 0 Å². The van der Waals surface area contributed by atoms with Crippen molar-refractivity contribution in [2.75, 3.05) is 5.84 Å². The normalized spacial score (nSPS) is 10.9. The van der Waals surface area contributed by atoms with Crippen LogP contribution in [0.2, 0.25) is 10.0 Å². The van der Waals surface area contributed by atoms with Gasteiger partial charge in [0.15, 0.2) is 5.82 Å². The monoisotopic (exact) mass is 408 g/mol. The number of aromatic nitrogens is 3. The van der Waals surface area contributed by atoms with Gasteiger partial charge in [-0.2, -0.15) is 0 Å². The second-order valence-electron chi connectivity index (χ2n) is 5.85. The minimum Gasteiger partial charge on any atom is -0.485 e. The molecule has 0 fully saturated rings. The predicted octanol–water partition coefficient (Wildman–Crippen LogP) is 4.79. The van der Waals surface area contributed by atoms with Gasteiger partial charge in [0.05, 0.1) is 0 Å². The Bertz CT molecular complexity index is 857. The van der Waals surface area contributed by atoms with Gasteiger partial charge in [0.25, 0.3) is 0 Å². The van der Waals surface area contributed by atoms with Crippen LogP contribution in [0.15, 0.2) is 41.6 Å². The Balaban J connectivity index is 1.64. The molecule has 0 spiro atoms. The van der Waals surface area contributed by atoms with E-state index in [0.29, 0.717) is 26.8 Å². The van der Waals surface area contributed by atoms with Crippen LogP contribution in [0.1, 0.15) is 22.5 Å². The Morgan fingerprint density at radius 3 is 2.65 bits per heavy atom. The third-order valence-corrected chi connectivity index (χ3v) is 5.37. The van der Waals surface area contributed by atoms with Crippen LogP contribution < -0.4 is 10.6 Å². The second-order valence-corrected chi connectivity index (χ2v) is 7.64. The summed E-state index contributed by atoms with van der Waals surface area (Å²) in [5.41, 5.74) is 3.22. The number of nitrogens with two attached hydrogens (primary N) is 1. The van der Waals surface area contributed by atoms with Gasteiger partial charge in [-0.25, -0.2) is 4.68 Å². The fourth-order valence-corrected chi connectivity index (χ4v) is 3.82. The van der Waals surface area contributed by atoms with Crippen LogP contribution >= 0.6 is 35.0 Å². The third kappa shape index (κ3) is 4.44. The van der Waals surface area contributed by atoms with E-state index in [1.807, 2.05) is 32.0 Å². The Kier molecular flexibility index (Phi) is 5.96. The van der Waals surface area contributed by atoms with E-state index in [-0.39, 0.29) is 6.61 Å². The van der Waals surface area contributed by atoms with Crippen LogP contribution in [0.4, 0.5) is 0 Å². The number of nitrogen functional groups attached to an aromatic ring is 1. The van der Waals surface area contributed by atoms with Crippen molar-refractivity contribution in [2.24, 2.45) is 0 Å². The molecule has 1 aromatic heterocycles. The van der Waals surface area contributed by atoms with Gasteiger partial charge in [0, 0.05) is 15.8 Å². The average Bonchev–Trinajstić information content (AvgIpc) is 2.93. The number of halogens is 2. The smallest absolute Gasteiger partial charge is 0.210 e. The fourth-order valence-electron chi connectivity index (χ4n) is 2.39. The molecule has 136 valence electrons. The molecule has 0 saturated carbocycles. The quantitative estimate of drug-likeness (QED) is 0.469. The maximum absolute atomic E-state index is 6.19. The standard InChI is InChI=1S/C18H18Cl2N4OS/c1-11-3-6-16(12(2)7-11)25-9-17-22-23-18(24(17)21)26-10-13-4-5-14(19)8-15(13)20/h3-8H,9-10,21H2,1-2H3. The summed E-state index contributed by atoms with van der Waals surface area (Å²) in [6.45, 7) is 4.30. The maximum Gasteiger partial charge on any atom is 0.210 e. The van der Waals surface area contributed by atoms with Crippen molar-refractivity contribution in [1.82, 2.24) is 14.9 Å². The van der Waals surface area contributed by atoms with E-state index in [1.165, 1.54) is 22.0 Å². The molecule has 2 N–H and O–H groups in total. The van der Waals surface area contributed by atoms with E-state index in [0.717, 1.165) is 16.9 Å². The Hall–Kier alpha value is -1.89. The summed E-state index contributed by atoms with van der Waals surface area (Å²) >= 11 is 13.6. The molecule has 0 amide bonds. The SMILES string of the molecule is Cc1ccc(OCc2nnc(SCc3ccc(Cl)cc3Cl)n2N)c(C)c1. The lowest BCUT2D eigenvalue weighted by Gasteiger charge is -2.09. The highest BCUT2D eigenvalue weighted by atomic mass is 35.5. The molecule has 0 bridgehead atoms. The first-order valence-corrected chi connectivity index (χ1v) is 9.64. The third-order valence-electron chi connectivity index (χ3n) is 3.79. The van der Waals surface area contributed by atoms with E-state index in [1.54, 1.807) is 12.1 Å². The summed E-state index contributed by atoms with van der Waals surface area (Å²) < 4.78 is 7.26.